The van der Waals surface area contributed by atoms with Crippen LogP contribution >= 0.6 is 0 Å². The molecule has 0 aliphatic carbocycles. The van der Waals surface area contributed by atoms with Crippen molar-refractivity contribution in [1.29, 1.82) is 0 Å². The molecule has 0 saturated heterocycles. The van der Waals surface area contributed by atoms with Gasteiger partial charge >= 0.3 is 6.03 Å². The highest BCUT2D eigenvalue weighted by Gasteiger charge is 2.09. The van der Waals surface area contributed by atoms with E-state index < -0.39 is 0 Å². The second kappa shape index (κ2) is 7.21. The molecule has 2 heterocycles. The van der Waals surface area contributed by atoms with Crippen LogP contribution in [0.3, 0.4) is 0 Å². The van der Waals surface area contributed by atoms with E-state index in [4.69, 9.17) is 4.74 Å². The van der Waals surface area contributed by atoms with E-state index in [1.54, 1.807) is 19.5 Å². The van der Waals surface area contributed by atoms with Crippen LogP contribution in [0, 0.1) is 0 Å². The second-order valence-corrected chi connectivity index (χ2v) is 5.98. The number of aromatic nitrogens is 3. The van der Waals surface area contributed by atoms with E-state index in [1.165, 1.54) is 0 Å². The highest BCUT2D eigenvalue weighted by Crippen LogP contribution is 2.19. The highest BCUT2D eigenvalue weighted by molar-refractivity contribution is 5.91. The molecule has 2 aromatic heterocycles. The smallest absolute Gasteiger partial charge is 0.319 e. The minimum Gasteiger partial charge on any atom is -0.497 e. The van der Waals surface area contributed by atoms with Gasteiger partial charge in [-0.2, -0.15) is 5.10 Å². The Morgan fingerprint density at radius 1 is 1.24 bits per heavy atom. The number of fused-ring (bicyclic) bond motifs is 1. The molecule has 130 valence electrons. The topological polar surface area (TPSA) is 81.1 Å². The first kappa shape index (κ1) is 16.8. The summed E-state index contributed by atoms with van der Waals surface area (Å²) in [5.41, 5.74) is 2.42. The lowest BCUT2D eigenvalue weighted by atomic mass is 10.2. The number of benzene rings is 1. The van der Waals surface area contributed by atoms with Gasteiger partial charge in [-0.25, -0.2) is 14.5 Å². The predicted octanol–water partition coefficient (Wildman–Crippen LogP) is 3.34. The molecule has 0 atom stereocenters. The molecule has 25 heavy (non-hydrogen) atoms. The fourth-order valence-corrected chi connectivity index (χ4v) is 2.49. The number of carbonyl (C=O) groups excluding carboxylic acids is 1. The van der Waals surface area contributed by atoms with E-state index in [0.717, 1.165) is 22.3 Å². The van der Waals surface area contributed by atoms with Crippen molar-refractivity contribution < 1.29 is 9.53 Å². The molecule has 2 amide bonds. The molecule has 0 bridgehead atoms. The summed E-state index contributed by atoms with van der Waals surface area (Å²) in [6.45, 7) is 4.52. The van der Waals surface area contributed by atoms with Crippen LogP contribution in [-0.2, 0) is 6.54 Å². The number of ether oxygens (including phenoxy) is 1. The number of pyridine rings is 1. The summed E-state index contributed by atoms with van der Waals surface area (Å²) in [6, 6.07) is 9.35. The largest absolute Gasteiger partial charge is 0.497 e. The molecule has 0 saturated carbocycles. The quantitative estimate of drug-likeness (QED) is 0.747. The van der Waals surface area contributed by atoms with Gasteiger partial charge in [-0.3, -0.25) is 0 Å². The van der Waals surface area contributed by atoms with Crippen molar-refractivity contribution in [2.75, 3.05) is 12.4 Å². The first-order valence-electron chi connectivity index (χ1n) is 8.08. The van der Waals surface area contributed by atoms with E-state index in [1.807, 2.05) is 48.9 Å². The Hall–Kier alpha value is -3.09. The lowest BCUT2D eigenvalue weighted by molar-refractivity contribution is 0.251. The van der Waals surface area contributed by atoms with Crippen LogP contribution in [0.1, 0.15) is 25.5 Å². The normalized spacial score (nSPS) is 10.9. The zero-order valence-corrected chi connectivity index (χ0v) is 14.5. The van der Waals surface area contributed by atoms with Crippen molar-refractivity contribution in [1.82, 2.24) is 20.1 Å². The number of rotatable bonds is 5. The van der Waals surface area contributed by atoms with Gasteiger partial charge in [-0.05, 0) is 37.6 Å². The summed E-state index contributed by atoms with van der Waals surface area (Å²) >= 11 is 0. The maximum absolute atomic E-state index is 12.1. The Kier molecular flexibility index (Phi) is 4.83. The zero-order chi connectivity index (χ0) is 17.8. The van der Waals surface area contributed by atoms with Crippen molar-refractivity contribution in [2.45, 2.75) is 26.4 Å². The monoisotopic (exact) mass is 339 g/mol. The summed E-state index contributed by atoms with van der Waals surface area (Å²) < 4.78 is 6.96. The van der Waals surface area contributed by atoms with Crippen LogP contribution in [0.5, 0.6) is 5.75 Å². The Balaban J connectivity index is 1.61. The van der Waals surface area contributed by atoms with Crippen molar-refractivity contribution in [3.8, 4) is 5.75 Å². The molecule has 0 fully saturated rings. The molecular weight excluding hydrogens is 318 g/mol. The first-order valence-corrected chi connectivity index (χ1v) is 8.08. The predicted molar refractivity (Wildman–Crippen MR) is 96.8 cm³/mol. The number of carbonyl (C=O) groups is 1. The number of nitrogens with one attached hydrogen (secondary N) is 2. The number of amides is 2. The average Bonchev–Trinajstić information content (AvgIpc) is 3.04. The van der Waals surface area contributed by atoms with Crippen LogP contribution in [-0.4, -0.2) is 27.9 Å². The van der Waals surface area contributed by atoms with Gasteiger partial charge in [-0.15, -0.1) is 0 Å². The van der Waals surface area contributed by atoms with Crippen molar-refractivity contribution in [2.24, 2.45) is 0 Å². The van der Waals surface area contributed by atoms with E-state index in [9.17, 15) is 4.79 Å². The van der Waals surface area contributed by atoms with Gasteiger partial charge in [0.05, 0.1) is 25.2 Å². The molecular formula is C18H21N5O2. The van der Waals surface area contributed by atoms with E-state index in [2.05, 4.69) is 20.7 Å². The maximum atomic E-state index is 12.1. The molecule has 7 heteroatoms. The minimum atomic E-state index is -0.284. The molecule has 2 N–H and O–H groups in total. The molecule has 0 aliphatic heterocycles. The molecule has 0 spiro atoms. The van der Waals surface area contributed by atoms with E-state index >= 15 is 0 Å². The van der Waals surface area contributed by atoms with Crippen molar-refractivity contribution in [3.05, 3.63) is 48.3 Å². The highest BCUT2D eigenvalue weighted by atomic mass is 16.5. The van der Waals surface area contributed by atoms with Crippen LogP contribution < -0.4 is 15.4 Å². The first-order chi connectivity index (χ1) is 12.1. The van der Waals surface area contributed by atoms with Gasteiger partial charge in [0.2, 0.25) is 0 Å². The van der Waals surface area contributed by atoms with Crippen LogP contribution in [0.25, 0.3) is 11.0 Å². The lowest BCUT2D eigenvalue weighted by Crippen LogP contribution is -2.28. The SMILES string of the molecule is COc1ccc(CNC(=O)Nc2cnc3c(cnn3C(C)C)c2)cc1. The third-order valence-corrected chi connectivity index (χ3v) is 3.79. The summed E-state index contributed by atoms with van der Waals surface area (Å²) in [7, 11) is 1.62. The summed E-state index contributed by atoms with van der Waals surface area (Å²) in [6.07, 6.45) is 3.39. The number of anilines is 1. The fourth-order valence-electron chi connectivity index (χ4n) is 2.49. The molecule has 3 aromatic rings. The summed E-state index contributed by atoms with van der Waals surface area (Å²) in [5, 5.41) is 10.8. The molecule has 7 nitrogen and oxygen atoms in total. The van der Waals surface area contributed by atoms with Crippen LogP contribution in [0.2, 0.25) is 0 Å². The molecule has 0 unspecified atom stereocenters. The third-order valence-electron chi connectivity index (χ3n) is 3.79. The number of nitrogens with zero attached hydrogens (tertiary/aromatic N) is 3. The van der Waals surface area contributed by atoms with Gasteiger partial charge in [0.25, 0.3) is 0 Å². The Labute approximate surface area is 146 Å². The molecule has 3 rings (SSSR count). The Morgan fingerprint density at radius 3 is 2.68 bits per heavy atom. The maximum Gasteiger partial charge on any atom is 0.319 e. The standard InChI is InChI=1S/C18H21N5O2/c1-12(2)23-17-14(10-21-23)8-15(11-19-17)22-18(24)20-9-13-4-6-16(25-3)7-5-13/h4-8,10-12H,9H2,1-3H3,(H2,20,22,24). The lowest BCUT2D eigenvalue weighted by Gasteiger charge is -2.09. The van der Waals surface area contributed by atoms with Gasteiger partial charge in [0, 0.05) is 18.0 Å². The summed E-state index contributed by atoms with van der Waals surface area (Å²) in [5.74, 6) is 0.787. The van der Waals surface area contributed by atoms with Gasteiger partial charge < -0.3 is 15.4 Å². The van der Waals surface area contributed by atoms with Crippen LogP contribution in [0.4, 0.5) is 10.5 Å². The van der Waals surface area contributed by atoms with Gasteiger partial charge in [0.1, 0.15) is 5.75 Å². The number of urea groups is 1. The second-order valence-electron chi connectivity index (χ2n) is 5.98. The summed E-state index contributed by atoms with van der Waals surface area (Å²) in [4.78, 5) is 16.5. The van der Waals surface area contributed by atoms with Crippen LogP contribution in [0.15, 0.2) is 42.7 Å². The number of hydrogen-bond donors (Lipinski definition) is 2. The van der Waals surface area contributed by atoms with Crippen molar-refractivity contribution >= 4 is 22.8 Å². The van der Waals surface area contributed by atoms with E-state index in [-0.39, 0.29) is 12.1 Å². The Bertz CT molecular complexity index is 871. The molecule has 0 aliphatic rings. The minimum absolute atomic E-state index is 0.233. The van der Waals surface area contributed by atoms with Crippen molar-refractivity contribution in [3.63, 3.8) is 0 Å². The average molecular weight is 339 g/mol. The zero-order valence-electron chi connectivity index (χ0n) is 14.5. The molecule has 1 aromatic carbocycles. The number of hydrogen-bond acceptors (Lipinski definition) is 4. The fraction of sp³-hybridized carbons (Fsp3) is 0.278. The Morgan fingerprint density at radius 2 is 2.00 bits per heavy atom. The third kappa shape index (κ3) is 3.88. The van der Waals surface area contributed by atoms with Gasteiger partial charge in [0.15, 0.2) is 5.65 Å². The molecule has 0 radical (unpaired) electrons. The number of methoxy groups -OCH3 is 1. The van der Waals surface area contributed by atoms with Gasteiger partial charge in [-0.1, -0.05) is 12.1 Å². The van der Waals surface area contributed by atoms with E-state index in [0.29, 0.717) is 12.2 Å².